The quantitative estimate of drug-likeness (QED) is 0.898. The van der Waals surface area contributed by atoms with Crippen molar-refractivity contribution in [2.75, 3.05) is 18.4 Å². The molecule has 0 spiro atoms. The maximum atomic E-state index is 13.8. The van der Waals surface area contributed by atoms with Crippen LogP contribution in [0.5, 0.6) is 0 Å². The van der Waals surface area contributed by atoms with Gasteiger partial charge in [0.05, 0.1) is 0 Å². The number of aromatic nitrogens is 2. The summed E-state index contributed by atoms with van der Waals surface area (Å²) in [5, 5.41) is 3.51. The van der Waals surface area contributed by atoms with E-state index in [1.54, 1.807) is 0 Å². The smallest absolute Gasteiger partial charge is 0.133 e. The van der Waals surface area contributed by atoms with Crippen molar-refractivity contribution in [1.29, 1.82) is 0 Å². The van der Waals surface area contributed by atoms with Crippen LogP contribution in [0.2, 0.25) is 0 Å². The normalized spacial score (nSPS) is 19.1. The van der Waals surface area contributed by atoms with E-state index in [4.69, 9.17) is 0 Å². The van der Waals surface area contributed by atoms with Crippen LogP contribution in [0.3, 0.4) is 0 Å². The molecule has 0 unspecified atom stereocenters. The number of rotatable bonds is 5. The Bertz CT molecular complexity index is 740. The van der Waals surface area contributed by atoms with E-state index in [1.165, 1.54) is 25.0 Å². The van der Waals surface area contributed by atoms with E-state index in [2.05, 4.69) is 20.2 Å². The number of piperidine rings is 1. The SMILES string of the molecule is Fc1ccc(CN2CCC(Nc3ccnc(C4CC4)n3)CC2)c(F)c1. The van der Waals surface area contributed by atoms with Crippen LogP contribution in [0.1, 0.15) is 43.0 Å². The highest BCUT2D eigenvalue weighted by atomic mass is 19.1. The maximum absolute atomic E-state index is 13.8. The van der Waals surface area contributed by atoms with E-state index in [1.807, 2.05) is 12.3 Å². The largest absolute Gasteiger partial charge is 0.367 e. The molecule has 2 heterocycles. The van der Waals surface area contributed by atoms with Crippen molar-refractivity contribution < 1.29 is 8.78 Å². The summed E-state index contributed by atoms with van der Waals surface area (Å²) in [5.41, 5.74) is 0.553. The third-order valence-corrected chi connectivity index (χ3v) is 4.97. The van der Waals surface area contributed by atoms with Crippen molar-refractivity contribution in [3.05, 3.63) is 53.5 Å². The van der Waals surface area contributed by atoms with Gasteiger partial charge in [-0.25, -0.2) is 18.7 Å². The Morgan fingerprint density at radius 1 is 1.08 bits per heavy atom. The minimum absolute atomic E-state index is 0.372. The van der Waals surface area contributed by atoms with Gasteiger partial charge in [-0.05, 0) is 37.8 Å². The molecule has 132 valence electrons. The van der Waals surface area contributed by atoms with Crippen molar-refractivity contribution >= 4 is 5.82 Å². The van der Waals surface area contributed by atoms with Crippen LogP contribution < -0.4 is 5.32 Å². The van der Waals surface area contributed by atoms with Crippen molar-refractivity contribution in [2.24, 2.45) is 0 Å². The molecule has 6 heteroatoms. The Balaban J connectivity index is 1.30. The predicted molar refractivity (Wildman–Crippen MR) is 92.3 cm³/mol. The monoisotopic (exact) mass is 344 g/mol. The Morgan fingerprint density at radius 3 is 2.60 bits per heavy atom. The summed E-state index contributed by atoms with van der Waals surface area (Å²) in [5.74, 6) is 1.41. The summed E-state index contributed by atoms with van der Waals surface area (Å²) in [4.78, 5) is 11.2. The van der Waals surface area contributed by atoms with Crippen molar-refractivity contribution in [3.63, 3.8) is 0 Å². The minimum Gasteiger partial charge on any atom is -0.367 e. The summed E-state index contributed by atoms with van der Waals surface area (Å²) in [6.07, 6.45) is 6.18. The average Bonchev–Trinajstić information content (AvgIpc) is 3.44. The van der Waals surface area contributed by atoms with Crippen LogP contribution in [0.25, 0.3) is 0 Å². The zero-order valence-corrected chi connectivity index (χ0v) is 14.1. The van der Waals surface area contributed by atoms with Crippen molar-refractivity contribution in [3.8, 4) is 0 Å². The number of anilines is 1. The summed E-state index contributed by atoms with van der Waals surface area (Å²) in [7, 11) is 0. The van der Waals surface area contributed by atoms with Gasteiger partial charge < -0.3 is 5.32 Å². The molecule has 1 aromatic carbocycles. The van der Waals surface area contributed by atoms with Crippen LogP contribution in [0.4, 0.5) is 14.6 Å². The van der Waals surface area contributed by atoms with Crippen LogP contribution in [-0.2, 0) is 6.54 Å². The Kier molecular flexibility index (Phi) is 4.61. The average molecular weight is 344 g/mol. The first-order valence-electron chi connectivity index (χ1n) is 8.93. The van der Waals surface area contributed by atoms with Crippen molar-refractivity contribution in [1.82, 2.24) is 14.9 Å². The van der Waals surface area contributed by atoms with Gasteiger partial charge in [0.25, 0.3) is 0 Å². The van der Waals surface area contributed by atoms with Crippen LogP contribution >= 0.6 is 0 Å². The number of benzene rings is 1. The fourth-order valence-electron chi connectivity index (χ4n) is 3.33. The highest BCUT2D eigenvalue weighted by Gasteiger charge is 2.27. The molecule has 1 saturated carbocycles. The summed E-state index contributed by atoms with van der Waals surface area (Å²) in [6, 6.07) is 6.10. The minimum atomic E-state index is -0.528. The fraction of sp³-hybridized carbons (Fsp3) is 0.474. The highest BCUT2D eigenvalue weighted by Crippen LogP contribution is 2.38. The fourth-order valence-corrected chi connectivity index (χ4v) is 3.33. The van der Waals surface area contributed by atoms with Gasteiger partial charge in [-0.3, -0.25) is 4.90 Å². The number of nitrogens with one attached hydrogen (secondary N) is 1. The van der Waals surface area contributed by atoms with Gasteiger partial charge >= 0.3 is 0 Å². The molecular weight excluding hydrogens is 322 g/mol. The van der Waals surface area contributed by atoms with Crippen LogP contribution in [0.15, 0.2) is 30.5 Å². The Labute approximate surface area is 146 Å². The molecule has 2 aliphatic rings. The molecule has 0 bridgehead atoms. The molecule has 4 rings (SSSR count). The van der Waals surface area contributed by atoms with E-state index >= 15 is 0 Å². The third-order valence-electron chi connectivity index (χ3n) is 4.97. The number of hydrogen-bond acceptors (Lipinski definition) is 4. The molecular formula is C19H22F2N4. The third kappa shape index (κ3) is 4.12. The molecule has 25 heavy (non-hydrogen) atoms. The van der Waals surface area contributed by atoms with Gasteiger partial charge in [0.2, 0.25) is 0 Å². The van der Waals surface area contributed by atoms with E-state index in [-0.39, 0.29) is 0 Å². The molecule has 2 aromatic rings. The van der Waals surface area contributed by atoms with Gasteiger partial charge in [-0.2, -0.15) is 0 Å². The predicted octanol–water partition coefficient (Wildman–Crippen LogP) is 3.71. The van der Waals surface area contributed by atoms with E-state index < -0.39 is 11.6 Å². The first-order chi connectivity index (χ1) is 12.2. The molecule has 1 aliphatic carbocycles. The van der Waals surface area contributed by atoms with Gasteiger partial charge in [-0.1, -0.05) is 6.07 Å². The molecule has 2 fully saturated rings. The highest BCUT2D eigenvalue weighted by molar-refractivity contribution is 5.35. The second kappa shape index (κ2) is 7.04. The van der Waals surface area contributed by atoms with Gasteiger partial charge in [0, 0.05) is 49.4 Å². The zero-order chi connectivity index (χ0) is 17.2. The second-order valence-corrected chi connectivity index (χ2v) is 7.00. The van der Waals surface area contributed by atoms with Gasteiger partial charge in [0.15, 0.2) is 0 Å². The Morgan fingerprint density at radius 2 is 1.88 bits per heavy atom. The standard InChI is InChI=1S/C19H22F2N4/c20-15-4-3-14(17(21)11-15)12-25-9-6-16(7-10-25)23-18-5-8-22-19(24-18)13-1-2-13/h3-5,8,11,13,16H,1-2,6-7,9-10,12H2,(H,22,23,24). The lowest BCUT2D eigenvalue weighted by atomic mass is 10.0. The Hall–Kier alpha value is -2.08. The summed E-state index contributed by atoms with van der Waals surface area (Å²) < 4.78 is 26.8. The van der Waals surface area contributed by atoms with E-state index in [0.29, 0.717) is 24.1 Å². The number of nitrogens with zero attached hydrogens (tertiary/aromatic N) is 3. The molecule has 1 N–H and O–H groups in total. The molecule has 0 radical (unpaired) electrons. The topological polar surface area (TPSA) is 41.0 Å². The van der Waals surface area contributed by atoms with Crippen LogP contribution in [0, 0.1) is 11.6 Å². The lowest BCUT2D eigenvalue weighted by Gasteiger charge is -2.32. The maximum Gasteiger partial charge on any atom is 0.133 e. The molecule has 1 saturated heterocycles. The van der Waals surface area contributed by atoms with Gasteiger partial charge in [0.1, 0.15) is 23.3 Å². The lowest BCUT2D eigenvalue weighted by Crippen LogP contribution is -2.39. The molecule has 1 aliphatic heterocycles. The summed E-state index contributed by atoms with van der Waals surface area (Å²) >= 11 is 0. The number of hydrogen-bond donors (Lipinski definition) is 1. The molecule has 4 nitrogen and oxygen atoms in total. The lowest BCUT2D eigenvalue weighted by molar-refractivity contribution is 0.208. The van der Waals surface area contributed by atoms with E-state index in [9.17, 15) is 8.78 Å². The number of likely N-dealkylation sites (tertiary alicyclic amines) is 1. The van der Waals surface area contributed by atoms with Crippen LogP contribution in [-0.4, -0.2) is 34.0 Å². The number of halogens is 2. The summed E-state index contributed by atoms with van der Waals surface area (Å²) in [6.45, 7) is 2.29. The first kappa shape index (κ1) is 16.4. The van der Waals surface area contributed by atoms with Crippen molar-refractivity contribution in [2.45, 2.75) is 44.2 Å². The molecule has 0 amide bonds. The zero-order valence-electron chi connectivity index (χ0n) is 14.1. The van der Waals surface area contributed by atoms with Gasteiger partial charge in [-0.15, -0.1) is 0 Å². The molecule has 0 atom stereocenters. The molecule has 1 aromatic heterocycles. The first-order valence-corrected chi connectivity index (χ1v) is 8.93. The van der Waals surface area contributed by atoms with E-state index in [0.717, 1.165) is 43.6 Å². The second-order valence-electron chi connectivity index (χ2n) is 7.00.